The SMILES string of the molecule is CC(CC(=O)O)C1CCCc2cccnc21. The number of aliphatic carboxylic acids is 1. The van der Waals surface area contributed by atoms with Gasteiger partial charge in [0.1, 0.15) is 0 Å². The first-order valence-electron chi connectivity index (χ1n) is 5.84. The molecule has 0 radical (unpaired) electrons. The van der Waals surface area contributed by atoms with Gasteiger partial charge in [-0.05, 0) is 36.8 Å². The van der Waals surface area contributed by atoms with E-state index in [1.165, 1.54) is 5.56 Å². The number of hydrogen-bond acceptors (Lipinski definition) is 2. The van der Waals surface area contributed by atoms with Gasteiger partial charge in [0.2, 0.25) is 0 Å². The van der Waals surface area contributed by atoms with Crippen LogP contribution in [0.25, 0.3) is 0 Å². The van der Waals surface area contributed by atoms with Gasteiger partial charge in [0.15, 0.2) is 0 Å². The van der Waals surface area contributed by atoms with Crippen molar-refractivity contribution < 1.29 is 9.90 Å². The minimum atomic E-state index is -0.712. The average molecular weight is 219 g/mol. The van der Waals surface area contributed by atoms with E-state index in [2.05, 4.69) is 11.1 Å². The summed E-state index contributed by atoms with van der Waals surface area (Å²) in [4.78, 5) is 15.2. The summed E-state index contributed by atoms with van der Waals surface area (Å²) < 4.78 is 0. The molecule has 86 valence electrons. The maximum absolute atomic E-state index is 10.7. The van der Waals surface area contributed by atoms with E-state index >= 15 is 0 Å². The minimum Gasteiger partial charge on any atom is -0.481 e. The molecule has 2 atom stereocenters. The van der Waals surface area contributed by atoms with E-state index < -0.39 is 5.97 Å². The van der Waals surface area contributed by atoms with E-state index in [1.54, 1.807) is 0 Å². The first-order chi connectivity index (χ1) is 7.68. The number of nitrogens with zero attached hydrogens (tertiary/aromatic N) is 1. The number of carboxylic acids is 1. The maximum atomic E-state index is 10.7. The summed E-state index contributed by atoms with van der Waals surface area (Å²) in [5, 5.41) is 8.84. The van der Waals surface area contributed by atoms with Crippen molar-refractivity contribution in [1.29, 1.82) is 0 Å². The summed E-state index contributed by atoms with van der Waals surface area (Å²) in [6.45, 7) is 2.02. The van der Waals surface area contributed by atoms with Crippen molar-refractivity contribution >= 4 is 5.97 Å². The molecule has 0 aliphatic heterocycles. The molecule has 3 heteroatoms. The highest BCUT2D eigenvalue weighted by Crippen LogP contribution is 2.36. The van der Waals surface area contributed by atoms with Crippen LogP contribution in [0.3, 0.4) is 0 Å². The number of pyridine rings is 1. The Balaban J connectivity index is 2.21. The Bertz CT molecular complexity index is 389. The third kappa shape index (κ3) is 2.23. The third-order valence-corrected chi connectivity index (χ3v) is 3.42. The molecule has 1 aromatic heterocycles. The molecule has 16 heavy (non-hydrogen) atoms. The Labute approximate surface area is 95.5 Å². The number of aryl methyl sites for hydroxylation is 1. The van der Waals surface area contributed by atoms with E-state index in [-0.39, 0.29) is 12.3 Å². The lowest BCUT2D eigenvalue weighted by molar-refractivity contribution is -0.138. The number of carbonyl (C=O) groups is 1. The van der Waals surface area contributed by atoms with Crippen LogP contribution >= 0.6 is 0 Å². The van der Waals surface area contributed by atoms with Crippen LogP contribution in [0.4, 0.5) is 0 Å². The first kappa shape index (κ1) is 11.1. The Morgan fingerprint density at radius 2 is 2.50 bits per heavy atom. The van der Waals surface area contributed by atoms with E-state index in [0.29, 0.717) is 5.92 Å². The van der Waals surface area contributed by atoms with Gasteiger partial charge in [-0.15, -0.1) is 0 Å². The lowest BCUT2D eigenvalue weighted by Crippen LogP contribution is -2.20. The van der Waals surface area contributed by atoms with Gasteiger partial charge in [0.05, 0.1) is 0 Å². The molecular weight excluding hydrogens is 202 g/mol. The molecule has 1 aromatic rings. The second-order valence-corrected chi connectivity index (χ2v) is 4.62. The van der Waals surface area contributed by atoms with Crippen molar-refractivity contribution in [2.75, 3.05) is 0 Å². The van der Waals surface area contributed by atoms with E-state index in [1.807, 2.05) is 19.2 Å². The molecule has 0 saturated heterocycles. The molecule has 0 saturated carbocycles. The fourth-order valence-corrected chi connectivity index (χ4v) is 2.62. The fraction of sp³-hybridized carbons (Fsp3) is 0.538. The van der Waals surface area contributed by atoms with Crippen LogP contribution in [0.5, 0.6) is 0 Å². The largest absolute Gasteiger partial charge is 0.481 e. The van der Waals surface area contributed by atoms with Gasteiger partial charge in [0.25, 0.3) is 0 Å². The zero-order chi connectivity index (χ0) is 11.5. The predicted molar refractivity (Wildman–Crippen MR) is 61.3 cm³/mol. The summed E-state index contributed by atoms with van der Waals surface area (Å²) in [6, 6.07) is 4.07. The standard InChI is InChI=1S/C13H17NO2/c1-9(8-12(15)16)11-6-2-4-10-5-3-7-14-13(10)11/h3,5,7,9,11H,2,4,6,8H2,1H3,(H,15,16). The zero-order valence-corrected chi connectivity index (χ0v) is 9.52. The quantitative estimate of drug-likeness (QED) is 0.850. The van der Waals surface area contributed by atoms with Gasteiger partial charge in [-0.3, -0.25) is 9.78 Å². The topological polar surface area (TPSA) is 50.2 Å². The normalized spacial score (nSPS) is 21.2. The van der Waals surface area contributed by atoms with Gasteiger partial charge < -0.3 is 5.11 Å². The minimum absolute atomic E-state index is 0.173. The Hall–Kier alpha value is -1.38. The predicted octanol–water partition coefficient (Wildman–Crippen LogP) is 2.61. The third-order valence-electron chi connectivity index (χ3n) is 3.42. The van der Waals surface area contributed by atoms with E-state index in [9.17, 15) is 4.79 Å². The van der Waals surface area contributed by atoms with E-state index in [0.717, 1.165) is 25.0 Å². The van der Waals surface area contributed by atoms with Crippen molar-refractivity contribution in [1.82, 2.24) is 4.98 Å². The van der Waals surface area contributed by atoms with Crippen molar-refractivity contribution in [2.45, 2.75) is 38.5 Å². The molecule has 3 nitrogen and oxygen atoms in total. The maximum Gasteiger partial charge on any atom is 0.303 e. The summed E-state index contributed by atoms with van der Waals surface area (Å²) >= 11 is 0. The second kappa shape index (κ2) is 4.64. The Morgan fingerprint density at radius 1 is 1.69 bits per heavy atom. The van der Waals surface area contributed by atoms with Gasteiger partial charge in [0, 0.05) is 24.2 Å². The summed E-state index contributed by atoms with van der Waals surface area (Å²) in [5.41, 5.74) is 2.43. The van der Waals surface area contributed by atoms with Crippen molar-refractivity contribution in [3.05, 3.63) is 29.6 Å². The highest BCUT2D eigenvalue weighted by Gasteiger charge is 2.27. The van der Waals surface area contributed by atoms with Gasteiger partial charge >= 0.3 is 5.97 Å². The van der Waals surface area contributed by atoms with Crippen LogP contribution in [-0.4, -0.2) is 16.1 Å². The number of hydrogen-bond donors (Lipinski definition) is 1. The molecule has 0 bridgehead atoms. The zero-order valence-electron chi connectivity index (χ0n) is 9.52. The summed E-state index contributed by atoms with van der Waals surface area (Å²) in [5.74, 6) is -0.219. The first-order valence-corrected chi connectivity index (χ1v) is 5.84. The molecule has 1 heterocycles. The smallest absolute Gasteiger partial charge is 0.303 e. The van der Waals surface area contributed by atoms with Gasteiger partial charge in [-0.2, -0.15) is 0 Å². The molecule has 2 unspecified atom stereocenters. The fourth-order valence-electron chi connectivity index (χ4n) is 2.62. The molecule has 0 fully saturated rings. The van der Waals surface area contributed by atoms with E-state index in [4.69, 9.17) is 5.11 Å². The lowest BCUT2D eigenvalue weighted by Gasteiger charge is -2.28. The monoisotopic (exact) mass is 219 g/mol. The molecule has 0 amide bonds. The number of fused-ring (bicyclic) bond motifs is 1. The van der Waals surface area contributed by atoms with Crippen molar-refractivity contribution in [3.8, 4) is 0 Å². The Morgan fingerprint density at radius 3 is 3.25 bits per heavy atom. The molecule has 1 aliphatic carbocycles. The van der Waals surface area contributed by atoms with Crippen LogP contribution < -0.4 is 0 Å². The number of carboxylic acid groups (broad SMARTS) is 1. The molecule has 2 rings (SSSR count). The molecule has 1 aliphatic rings. The van der Waals surface area contributed by atoms with Gasteiger partial charge in [-0.25, -0.2) is 0 Å². The van der Waals surface area contributed by atoms with Gasteiger partial charge in [-0.1, -0.05) is 13.0 Å². The lowest BCUT2D eigenvalue weighted by atomic mass is 9.78. The van der Waals surface area contributed by atoms with Crippen molar-refractivity contribution in [2.24, 2.45) is 5.92 Å². The van der Waals surface area contributed by atoms with Crippen molar-refractivity contribution in [3.63, 3.8) is 0 Å². The highest BCUT2D eigenvalue weighted by molar-refractivity contribution is 5.67. The van der Waals surface area contributed by atoms with Crippen LogP contribution in [-0.2, 0) is 11.2 Å². The molecule has 1 N–H and O–H groups in total. The van der Waals surface area contributed by atoms with Crippen LogP contribution in [0.2, 0.25) is 0 Å². The molecule has 0 spiro atoms. The summed E-state index contributed by atoms with van der Waals surface area (Å²) in [6.07, 6.45) is 5.34. The van der Waals surface area contributed by atoms with Crippen LogP contribution in [0.15, 0.2) is 18.3 Å². The highest BCUT2D eigenvalue weighted by atomic mass is 16.4. The Kier molecular flexibility index (Phi) is 3.22. The molecule has 0 aromatic carbocycles. The number of rotatable bonds is 3. The summed E-state index contributed by atoms with van der Waals surface area (Å²) in [7, 11) is 0. The van der Waals surface area contributed by atoms with Crippen LogP contribution in [0, 0.1) is 5.92 Å². The van der Waals surface area contributed by atoms with Crippen LogP contribution in [0.1, 0.15) is 43.4 Å². The average Bonchev–Trinajstić information content (AvgIpc) is 2.27. The molecular formula is C13H17NO2. The second-order valence-electron chi connectivity index (χ2n) is 4.62. The number of aromatic nitrogens is 1.